The van der Waals surface area contributed by atoms with Gasteiger partial charge in [0.2, 0.25) is 0 Å². The number of aryl methyl sites for hydroxylation is 2. The summed E-state index contributed by atoms with van der Waals surface area (Å²) in [5.74, 6) is 0.583. The highest BCUT2D eigenvalue weighted by molar-refractivity contribution is 5.86. The van der Waals surface area contributed by atoms with Gasteiger partial charge in [-0.3, -0.25) is 9.47 Å². The quantitative estimate of drug-likeness (QED) is 0.354. The van der Waals surface area contributed by atoms with Crippen LogP contribution >= 0.6 is 0 Å². The summed E-state index contributed by atoms with van der Waals surface area (Å²) in [5.41, 5.74) is 3.94. The fourth-order valence-corrected chi connectivity index (χ4v) is 5.03. The molecule has 0 radical (unpaired) electrons. The summed E-state index contributed by atoms with van der Waals surface area (Å²) >= 11 is 0. The van der Waals surface area contributed by atoms with Crippen LogP contribution in [0.2, 0.25) is 0 Å². The summed E-state index contributed by atoms with van der Waals surface area (Å²) in [7, 11) is 1.69. The first-order valence-corrected chi connectivity index (χ1v) is 13.8. The average molecular weight is 559 g/mol. The summed E-state index contributed by atoms with van der Waals surface area (Å²) in [6, 6.07) is 15.2. The SMILES string of the molecule is CC.CC(F)(F)F.CCC1CN(c2nc(=O)n(C)c3ccc(C#N)nc23)C(C)CN1C(CC)c1ccc(C)cc1. The fraction of sp³-hybridized carbons (Fsp3) is 0.533. The molecule has 3 aromatic rings. The molecule has 1 aliphatic rings. The van der Waals surface area contributed by atoms with Gasteiger partial charge in [-0.2, -0.15) is 23.4 Å². The molecule has 0 amide bonds. The number of anilines is 1. The Balaban J connectivity index is 0.000000722. The number of nitrogens with zero attached hydrogens (tertiary/aromatic N) is 6. The average Bonchev–Trinajstić information content (AvgIpc) is 2.92. The first-order valence-electron chi connectivity index (χ1n) is 13.8. The van der Waals surface area contributed by atoms with Gasteiger partial charge in [0.1, 0.15) is 17.3 Å². The van der Waals surface area contributed by atoms with Crippen molar-refractivity contribution in [3.63, 3.8) is 0 Å². The number of pyridine rings is 1. The number of rotatable bonds is 5. The number of nitriles is 1. The molecular formula is C30H41F3N6O. The highest BCUT2D eigenvalue weighted by Gasteiger charge is 2.36. The van der Waals surface area contributed by atoms with E-state index in [4.69, 9.17) is 0 Å². The van der Waals surface area contributed by atoms with E-state index >= 15 is 0 Å². The van der Waals surface area contributed by atoms with Crippen molar-refractivity contribution in [1.29, 1.82) is 5.26 Å². The topological polar surface area (TPSA) is 78.0 Å². The number of alkyl halides is 3. The Bertz CT molecular complexity index is 1340. The zero-order valence-corrected chi connectivity index (χ0v) is 24.8. The molecule has 1 aromatic carbocycles. The standard InChI is InChI=1S/C26H32N6O.C2H3F3.C2H6/c1-6-21-16-31(18(4)15-32(21)22(7-2)19-10-8-17(3)9-11-19)25-24-23(30(5)26(33)29-25)13-12-20(14-27)28-24;1-2(3,4)5;1-2/h8-13,18,21-22H,6-7,15-16H2,1-5H3;1H3;1-2H3. The molecule has 0 spiro atoms. The van der Waals surface area contributed by atoms with Crippen LogP contribution in [0.1, 0.15) is 77.2 Å². The Labute approximate surface area is 235 Å². The van der Waals surface area contributed by atoms with Crippen LogP contribution in [-0.4, -0.2) is 50.8 Å². The van der Waals surface area contributed by atoms with E-state index in [2.05, 4.69) is 77.8 Å². The third-order valence-corrected chi connectivity index (χ3v) is 6.93. The minimum Gasteiger partial charge on any atom is -0.349 e. The van der Waals surface area contributed by atoms with Gasteiger partial charge in [-0.15, -0.1) is 0 Å². The molecule has 0 aliphatic carbocycles. The predicted molar refractivity (Wildman–Crippen MR) is 154 cm³/mol. The second-order valence-electron chi connectivity index (χ2n) is 9.83. The Morgan fingerprint density at radius 3 is 2.20 bits per heavy atom. The normalized spacial score (nSPS) is 18.2. The maximum atomic E-state index is 12.7. The fourth-order valence-electron chi connectivity index (χ4n) is 5.03. The maximum Gasteiger partial charge on any atom is 0.386 e. The van der Waals surface area contributed by atoms with Gasteiger partial charge in [-0.25, -0.2) is 9.78 Å². The van der Waals surface area contributed by atoms with E-state index in [1.54, 1.807) is 19.2 Å². The summed E-state index contributed by atoms with van der Waals surface area (Å²) in [5, 5.41) is 9.38. The van der Waals surface area contributed by atoms with Crippen LogP contribution in [-0.2, 0) is 7.05 Å². The maximum absolute atomic E-state index is 12.7. The number of piperazine rings is 1. The van der Waals surface area contributed by atoms with Crippen LogP contribution in [0.5, 0.6) is 0 Å². The van der Waals surface area contributed by atoms with E-state index in [0.29, 0.717) is 34.6 Å². The third kappa shape index (κ3) is 8.04. The van der Waals surface area contributed by atoms with Crippen LogP contribution in [0.15, 0.2) is 41.2 Å². The van der Waals surface area contributed by atoms with Gasteiger partial charge in [0, 0.05) is 45.2 Å². The second-order valence-corrected chi connectivity index (χ2v) is 9.83. The molecule has 1 fully saturated rings. The van der Waals surface area contributed by atoms with E-state index in [-0.39, 0.29) is 18.7 Å². The number of benzene rings is 1. The first-order chi connectivity index (χ1) is 18.9. The van der Waals surface area contributed by atoms with E-state index in [1.807, 2.05) is 13.8 Å². The first kappa shape index (κ1) is 32.8. The van der Waals surface area contributed by atoms with Gasteiger partial charge in [0.25, 0.3) is 0 Å². The van der Waals surface area contributed by atoms with E-state index in [1.165, 1.54) is 15.7 Å². The van der Waals surface area contributed by atoms with E-state index in [0.717, 1.165) is 25.9 Å². The van der Waals surface area contributed by atoms with Gasteiger partial charge in [0.15, 0.2) is 5.82 Å². The van der Waals surface area contributed by atoms with Crippen molar-refractivity contribution >= 4 is 16.9 Å². The molecule has 1 aliphatic heterocycles. The number of fused-ring (bicyclic) bond motifs is 1. The molecule has 218 valence electrons. The largest absolute Gasteiger partial charge is 0.386 e. The molecule has 3 unspecified atom stereocenters. The minimum atomic E-state index is -4.00. The lowest BCUT2D eigenvalue weighted by molar-refractivity contribution is -0.110. The molecule has 3 heterocycles. The molecule has 0 saturated carbocycles. The number of aromatic nitrogens is 3. The molecule has 3 atom stereocenters. The van der Waals surface area contributed by atoms with Gasteiger partial charge >= 0.3 is 11.9 Å². The lowest BCUT2D eigenvalue weighted by atomic mass is 9.95. The van der Waals surface area contributed by atoms with Gasteiger partial charge in [-0.1, -0.05) is 57.5 Å². The molecule has 2 aromatic heterocycles. The highest BCUT2D eigenvalue weighted by Crippen LogP contribution is 2.34. The van der Waals surface area contributed by atoms with Gasteiger partial charge in [-0.05, 0) is 44.4 Å². The van der Waals surface area contributed by atoms with E-state index in [9.17, 15) is 23.2 Å². The molecule has 7 nitrogen and oxygen atoms in total. The molecule has 1 saturated heterocycles. The van der Waals surface area contributed by atoms with Crippen molar-refractivity contribution in [2.75, 3.05) is 18.0 Å². The van der Waals surface area contributed by atoms with Crippen LogP contribution < -0.4 is 10.6 Å². The van der Waals surface area contributed by atoms with Crippen LogP contribution in [0, 0.1) is 18.3 Å². The van der Waals surface area contributed by atoms with Crippen molar-refractivity contribution in [1.82, 2.24) is 19.4 Å². The minimum absolute atomic E-state index is 0.141. The Morgan fingerprint density at radius 1 is 1.07 bits per heavy atom. The molecule has 4 rings (SSSR count). The number of hydrogen-bond acceptors (Lipinski definition) is 6. The molecular weight excluding hydrogens is 517 g/mol. The highest BCUT2D eigenvalue weighted by atomic mass is 19.4. The van der Waals surface area contributed by atoms with Crippen molar-refractivity contribution in [2.24, 2.45) is 7.05 Å². The monoisotopic (exact) mass is 558 g/mol. The number of hydrogen-bond donors (Lipinski definition) is 0. The van der Waals surface area contributed by atoms with Crippen LogP contribution in [0.25, 0.3) is 11.0 Å². The smallest absolute Gasteiger partial charge is 0.349 e. The summed E-state index contributed by atoms with van der Waals surface area (Å²) in [4.78, 5) is 26.5. The van der Waals surface area contributed by atoms with Crippen LogP contribution in [0.3, 0.4) is 0 Å². The van der Waals surface area contributed by atoms with Crippen molar-refractivity contribution < 1.29 is 13.2 Å². The molecule has 0 bridgehead atoms. The van der Waals surface area contributed by atoms with Crippen LogP contribution in [0.4, 0.5) is 19.0 Å². The van der Waals surface area contributed by atoms with Crippen molar-refractivity contribution in [2.45, 2.75) is 85.6 Å². The summed E-state index contributed by atoms with van der Waals surface area (Å²) < 4.78 is 32.6. The lowest BCUT2D eigenvalue weighted by Gasteiger charge is -2.49. The molecule has 40 heavy (non-hydrogen) atoms. The Kier molecular flexibility index (Phi) is 11.7. The lowest BCUT2D eigenvalue weighted by Crippen LogP contribution is -2.58. The molecule has 10 heteroatoms. The Morgan fingerprint density at radius 2 is 1.68 bits per heavy atom. The zero-order valence-electron chi connectivity index (χ0n) is 24.8. The van der Waals surface area contributed by atoms with Crippen molar-refractivity contribution in [3.05, 3.63) is 63.7 Å². The van der Waals surface area contributed by atoms with Crippen molar-refractivity contribution in [3.8, 4) is 6.07 Å². The zero-order chi connectivity index (χ0) is 30.2. The predicted octanol–water partition coefficient (Wildman–Crippen LogP) is 6.54. The number of halogens is 3. The summed E-state index contributed by atoms with van der Waals surface area (Å²) in [6.45, 7) is 14.6. The Hall–Kier alpha value is -3.45. The van der Waals surface area contributed by atoms with E-state index < -0.39 is 6.18 Å². The molecule has 0 N–H and O–H groups in total. The van der Waals surface area contributed by atoms with Gasteiger partial charge < -0.3 is 4.90 Å². The second kappa shape index (κ2) is 14.3. The van der Waals surface area contributed by atoms with Gasteiger partial charge in [0.05, 0.1) is 5.52 Å². The third-order valence-electron chi connectivity index (χ3n) is 6.93. The summed E-state index contributed by atoms with van der Waals surface area (Å²) in [6.07, 6.45) is -1.97.